The molecule has 1 atom stereocenters. The van der Waals surface area contributed by atoms with Gasteiger partial charge >= 0.3 is 0 Å². The first-order valence-electron chi connectivity index (χ1n) is 5.55. The average molecular weight is 206 g/mol. The van der Waals surface area contributed by atoms with Crippen molar-refractivity contribution in [3.05, 3.63) is 35.4 Å². The lowest BCUT2D eigenvalue weighted by atomic mass is 10.0. The molecule has 0 fully saturated rings. The van der Waals surface area contributed by atoms with Crippen molar-refractivity contribution in [1.82, 2.24) is 10.2 Å². The van der Waals surface area contributed by atoms with Gasteiger partial charge in [-0.15, -0.1) is 0 Å². The number of hydrogen-bond donors (Lipinski definition) is 1. The number of likely N-dealkylation sites (N-methyl/N-ethyl adjacent to an activating group) is 1. The molecule has 0 radical (unpaired) electrons. The van der Waals surface area contributed by atoms with E-state index in [1.54, 1.807) is 0 Å². The molecule has 0 spiro atoms. The lowest BCUT2D eigenvalue weighted by Crippen LogP contribution is -2.28. The van der Waals surface area contributed by atoms with Crippen LogP contribution >= 0.6 is 0 Å². The quantitative estimate of drug-likeness (QED) is 0.794. The van der Waals surface area contributed by atoms with E-state index >= 15 is 0 Å². The Balaban J connectivity index is 2.47. The molecule has 1 aromatic carbocycles. The van der Waals surface area contributed by atoms with E-state index in [1.807, 2.05) is 0 Å². The van der Waals surface area contributed by atoms with Crippen LogP contribution in [0.4, 0.5) is 0 Å². The van der Waals surface area contributed by atoms with Gasteiger partial charge in [-0.1, -0.05) is 24.3 Å². The highest BCUT2D eigenvalue weighted by Gasteiger charge is 2.06. The van der Waals surface area contributed by atoms with Crippen LogP contribution in [0.15, 0.2) is 24.3 Å². The zero-order chi connectivity index (χ0) is 11.3. The third-order valence-electron chi connectivity index (χ3n) is 2.66. The molecule has 0 heterocycles. The van der Waals surface area contributed by atoms with Crippen molar-refractivity contribution in [2.75, 3.05) is 27.2 Å². The van der Waals surface area contributed by atoms with Crippen LogP contribution in [0.3, 0.4) is 0 Å². The van der Waals surface area contributed by atoms with Crippen molar-refractivity contribution in [3.63, 3.8) is 0 Å². The highest BCUT2D eigenvalue weighted by molar-refractivity contribution is 5.28. The molecule has 15 heavy (non-hydrogen) atoms. The van der Waals surface area contributed by atoms with Gasteiger partial charge in [0.25, 0.3) is 0 Å². The summed E-state index contributed by atoms with van der Waals surface area (Å²) in [7, 11) is 4.19. The summed E-state index contributed by atoms with van der Waals surface area (Å²) in [6, 6.07) is 8.99. The highest BCUT2D eigenvalue weighted by Crippen LogP contribution is 2.15. The molecule has 0 amide bonds. The van der Waals surface area contributed by atoms with Crippen molar-refractivity contribution < 1.29 is 0 Å². The van der Waals surface area contributed by atoms with E-state index in [0.717, 1.165) is 13.1 Å². The Morgan fingerprint density at radius 3 is 2.53 bits per heavy atom. The molecule has 0 aromatic heterocycles. The standard InChI is InChI=1S/C13H22N2/c1-11-7-5-6-8-13(11)12(2)14-9-10-15(3)4/h5-8,12,14H,9-10H2,1-4H3/t12-/m0/s1. The van der Waals surface area contributed by atoms with Crippen LogP contribution < -0.4 is 5.32 Å². The molecule has 0 unspecified atom stereocenters. The van der Waals surface area contributed by atoms with Gasteiger partial charge < -0.3 is 10.2 Å². The van der Waals surface area contributed by atoms with Gasteiger partial charge in [-0.25, -0.2) is 0 Å². The van der Waals surface area contributed by atoms with E-state index in [4.69, 9.17) is 0 Å². The topological polar surface area (TPSA) is 15.3 Å². The predicted octanol–water partition coefficient (Wildman–Crippen LogP) is 2.21. The minimum absolute atomic E-state index is 0.436. The third-order valence-corrected chi connectivity index (χ3v) is 2.66. The van der Waals surface area contributed by atoms with Crippen LogP contribution in [0.2, 0.25) is 0 Å². The van der Waals surface area contributed by atoms with Crippen molar-refractivity contribution in [1.29, 1.82) is 0 Å². The maximum Gasteiger partial charge on any atom is 0.0294 e. The minimum Gasteiger partial charge on any atom is -0.309 e. The Kier molecular flexibility index (Phi) is 4.79. The molecule has 0 aliphatic carbocycles. The van der Waals surface area contributed by atoms with Gasteiger partial charge in [-0.05, 0) is 39.1 Å². The summed E-state index contributed by atoms with van der Waals surface area (Å²) in [4.78, 5) is 2.19. The normalized spacial score (nSPS) is 13.1. The Bertz CT molecular complexity index is 294. The SMILES string of the molecule is Cc1ccccc1[C@H](C)NCCN(C)C. The molecule has 84 valence electrons. The Labute approximate surface area is 93.3 Å². The van der Waals surface area contributed by atoms with Gasteiger partial charge in [0.15, 0.2) is 0 Å². The minimum atomic E-state index is 0.436. The van der Waals surface area contributed by atoms with E-state index in [9.17, 15) is 0 Å². The van der Waals surface area contributed by atoms with E-state index in [1.165, 1.54) is 11.1 Å². The summed E-state index contributed by atoms with van der Waals surface area (Å²) in [5, 5.41) is 3.53. The predicted molar refractivity (Wildman–Crippen MR) is 66.2 cm³/mol. The van der Waals surface area contributed by atoms with Crippen molar-refractivity contribution >= 4 is 0 Å². The van der Waals surface area contributed by atoms with Crippen LogP contribution in [-0.4, -0.2) is 32.1 Å². The Morgan fingerprint density at radius 2 is 1.93 bits per heavy atom. The third kappa shape index (κ3) is 4.02. The number of rotatable bonds is 5. The Morgan fingerprint density at radius 1 is 1.27 bits per heavy atom. The molecule has 1 N–H and O–H groups in total. The van der Waals surface area contributed by atoms with Crippen molar-refractivity contribution in [3.8, 4) is 0 Å². The number of benzene rings is 1. The molecule has 1 rings (SSSR count). The molecule has 0 aliphatic rings. The van der Waals surface area contributed by atoms with Gasteiger partial charge in [-0.2, -0.15) is 0 Å². The Hall–Kier alpha value is -0.860. The molecular weight excluding hydrogens is 184 g/mol. The lowest BCUT2D eigenvalue weighted by Gasteiger charge is -2.18. The fourth-order valence-corrected chi connectivity index (χ4v) is 1.69. The number of hydrogen-bond acceptors (Lipinski definition) is 2. The molecule has 1 aromatic rings. The molecule has 2 heteroatoms. The van der Waals surface area contributed by atoms with Crippen molar-refractivity contribution in [2.24, 2.45) is 0 Å². The highest BCUT2D eigenvalue weighted by atomic mass is 15.1. The summed E-state index contributed by atoms with van der Waals surface area (Å²) in [5.74, 6) is 0. The second kappa shape index (κ2) is 5.89. The van der Waals surface area contributed by atoms with Gasteiger partial charge in [0, 0.05) is 19.1 Å². The second-order valence-electron chi connectivity index (χ2n) is 4.34. The van der Waals surface area contributed by atoms with Crippen LogP contribution in [-0.2, 0) is 0 Å². The van der Waals surface area contributed by atoms with E-state index < -0.39 is 0 Å². The summed E-state index contributed by atoms with van der Waals surface area (Å²) in [6.07, 6.45) is 0. The zero-order valence-electron chi connectivity index (χ0n) is 10.2. The van der Waals surface area contributed by atoms with E-state index in [2.05, 4.69) is 62.4 Å². The fraction of sp³-hybridized carbons (Fsp3) is 0.538. The maximum absolute atomic E-state index is 3.53. The molecule has 0 bridgehead atoms. The average Bonchev–Trinajstić information content (AvgIpc) is 2.17. The second-order valence-corrected chi connectivity index (χ2v) is 4.34. The largest absolute Gasteiger partial charge is 0.309 e. The van der Waals surface area contributed by atoms with Crippen LogP contribution in [0, 0.1) is 6.92 Å². The number of nitrogens with one attached hydrogen (secondary N) is 1. The van der Waals surface area contributed by atoms with Gasteiger partial charge in [0.05, 0.1) is 0 Å². The van der Waals surface area contributed by atoms with Crippen LogP contribution in [0.5, 0.6) is 0 Å². The molecular formula is C13H22N2. The maximum atomic E-state index is 3.53. The monoisotopic (exact) mass is 206 g/mol. The fourth-order valence-electron chi connectivity index (χ4n) is 1.69. The summed E-state index contributed by atoms with van der Waals surface area (Å²) in [5.41, 5.74) is 2.76. The van der Waals surface area contributed by atoms with Gasteiger partial charge in [0.2, 0.25) is 0 Å². The summed E-state index contributed by atoms with van der Waals surface area (Å²) >= 11 is 0. The smallest absolute Gasteiger partial charge is 0.0294 e. The molecule has 0 saturated heterocycles. The van der Waals surface area contributed by atoms with E-state index in [-0.39, 0.29) is 0 Å². The van der Waals surface area contributed by atoms with Crippen LogP contribution in [0.25, 0.3) is 0 Å². The van der Waals surface area contributed by atoms with Crippen molar-refractivity contribution in [2.45, 2.75) is 19.9 Å². The zero-order valence-corrected chi connectivity index (χ0v) is 10.2. The van der Waals surface area contributed by atoms with Crippen LogP contribution in [0.1, 0.15) is 24.1 Å². The number of nitrogens with zero attached hydrogens (tertiary/aromatic N) is 1. The summed E-state index contributed by atoms with van der Waals surface area (Å²) in [6.45, 7) is 6.50. The van der Waals surface area contributed by atoms with E-state index in [0.29, 0.717) is 6.04 Å². The first-order valence-corrected chi connectivity index (χ1v) is 5.55. The van der Waals surface area contributed by atoms with Gasteiger partial charge in [-0.3, -0.25) is 0 Å². The molecule has 2 nitrogen and oxygen atoms in total. The van der Waals surface area contributed by atoms with Gasteiger partial charge in [0.1, 0.15) is 0 Å². The molecule has 0 saturated carbocycles. The first-order chi connectivity index (χ1) is 7.11. The number of aryl methyl sites for hydroxylation is 1. The first kappa shape index (κ1) is 12.2. The lowest BCUT2D eigenvalue weighted by molar-refractivity contribution is 0.389. The summed E-state index contributed by atoms with van der Waals surface area (Å²) < 4.78 is 0. The molecule has 0 aliphatic heterocycles.